The summed E-state index contributed by atoms with van der Waals surface area (Å²) in [4.78, 5) is 13.6. The van der Waals surface area contributed by atoms with Crippen LogP contribution in [0.3, 0.4) is 0 Å². The minimum absolute atomic E-state index is 0.788. The first-order valence-electron chi connectivity index (χ1n) is 5.94. The van der Waals surface area contributed by atoms with E-state index in [9.17, 15) is 0 Å². The van der Waals surface area contributed by atoms with E-state index in [0.29, 0.717) is 0 Å². The second-order valence-electron chi connectivity index (χ2n) is 4.08. The largest absolute Gasteiger partial charge is 0.378 e. The van der Waals surface area contributed by atoms with Crippen LogP contribution in [0.2, 0.25) is 0 Å². The number of morpholine rings is 1. The quantitative estimate of drug-likeness (QED) is 0.817. The summed E-state index contributed by atoms with van der Waals surface area (Å²) in [5, 5.41) is 1.19. The third kappa shape index (κ3) is 2.00. The number of ether oxygens (including phenoxy) is 1. The highest BCUT2D eigenvalue weighted by molar-refractivity contribution is 7.18. The second-order valence-corrected chi connectivity index (χ2v) is 5.20. The Morgan fingerprint density at radius 1 is 1.35 bits per heavy atom. The van der Waals surface area contributed by atoms with Crippen molar-refractivity contribution in [3.63, 3.8) is 0 Å². The molecule has 0 unspecified atom stereocenters. The van der Waals surface area contributed by atoms with Crippen LogP contribution in [0.15, 0.2) is 12.4 Å². The molecule has 1 saturated heterocycles. The van der Waals surface area contributed by atoms with Crippen molar-refractivity contribution in [2.75, 3.05) is 31.2 Å². The molecule has 0 bridgehead atoms. The molecule has 0 radical (unpaired) electrons. The van der Waals surface area contributed by atoms with Crippen LogP contribution in [0.25, 0.3) is 10.2 Å². The zero-order chi connectivity index (χ0) is 11.7. The molecule has 1 fully saturated rings. The van der Waals surface area contributed by atoms with E-state index in [-0.39, 0.29) is 0 Å². The molecular formula is C12H15N3OS. The lowest BCUT2D eigenvalue weighted by molar-refractivity contribution is 0.122. The van der Waals surface area contributed by atoms with Crippen LogP contribution in [0.5, 0.6) is 0 Å². The highest BCUT2D eigenvalue weighted by atomic mass is 32.1. The Morgan fingerprint density at radius 2 is 2.18 bits per heavy atom. The van der Waals surface area contributed by atoms with Crippen molar-refractivity contribution >= 4 is 27.4 Å². The number of anilines is 1. The van der Waals surface area contributed by atoms with Gasteiger partial charge in [-0.25, -0.2) is 9.97 Å². The van der Waals surface area contributed by atoms with Crippen molar-refractivity contribution in [3.05, 3.63) is 17.3 Å². The molecule has 0 aliphatic carbocycles. The van der Waals surface area contributed by atoms with Crippen LogP contribution in [0.1, 0.15) is 11.8 Å². The van der Waals surface area contributed by atoms with E-state index in [1.165, 1.54) is 10.3 Å². The van der Waals surface area contributed by atoms with Crippen LogP contribution in [0.4, 0.5) is 5.82 Å². The molecular weight excluding hydrogens is 234 g/mol. The molecule has 2 aromatic heterocycles. The molecule has 0 atom stereocenters. The minimum Gasteiger partial charge on any atom is -0.378 e. The Balaban J connectivity index is 2.05. The third-order valence-electron chi connectivity index (χ3n) is 3.02. The molecule has 0 aromatic carbocycles. The molecule has 1 aliphatic heterocycles. The molecule has 0 spiro atoms. The monoisotopic (exact) mass is 249 g/mol. The fourth-order valence-corrected chi connectivity index (χ4v) is 3.02. The first-order chi connectivity index (χ1) is 8.38. The summed E-state index contributed by atoms with van der Waals surface area (Å²) in [6, 6.07) is 2.23. The van der Waals surface area contributed by atoms with E-state index < -0.39 is 0 Å². The molecule has 3 rings (SSSR count). The number of rotatable bonds is 2. The molecule has 17 heavy (non-hydrogen) atoms. The van der Waals surface area contributed by atoms with Gasteiger partial charge in [-0.1, -0.05) is 6.92 Å². The summed E-state index contributed by atoms with van der Waals surface area (Å²) in [6.07, 6.45) is 2.73. The number of thiophene rings is 1. The third-order valence-corrected chi connectivity index (χ3v) is 4.21. The molecule has 1 aliphatic rings. The number of nitrogens with zero attached hydrogens (tertiary/aromatic N) is 3. The number of aromatic nitrogens is 2. The van der Waals surface area contributed by atoms with Gasteiger partial charge in [0.1, 0.15) is 17.0 Å². The SMILES string of the molecule is CCc1cc2c(N3CCOCC3)ncnc2s1. The van der Waals surface area contributed by atoms with Gasteiger partial charge in [0, 0.05) is 18.0 Å². The van der Waals surface area contributed by atoms with Crippen LogP contribution in [0, 0.1) is 0 Å². The van der Waals surface area contributed by atoms with Crippen LogP contribution in [-0.2, 0) is 11.2 Å². The average molecular weight is 249 g/mol. The Kier molecular flexibility index (Phi) is 2.94. The smallest absolute Gasteiger partial charge is 0.140 e. The molecule has 2 aromatic rings. The first kappa shape index (κ1) is 10.9. The van der Waals surface area contributed by atoms with Gasteiger partial charge in [0.2, 0.25) is 0 Å². The predicted octanol–water partition coefficient (Wildman–Crippen LogP) is 2.09. The molecule has 0 amide bonds. The Morgan fingerprint density at radius 3 is 2.94 bits per heavy atom. The molecule has 5 heteroatoms. The summed E-state index contributed by atoms with van der Waals surface area (Å²) >= 11 is 1.77. The minimum atomic E-state index is 0.788. The van der Waals surface area contributed by atoms with E-state index in [0.717, 1.165) is 43.4 Å². The van der Waals surface area contributed by atoms with E-state index in [2.05, 4.69) is 27.9 Å². The Bertz CT molecular complexity index is 519. The van der Waals surface area contributed by atoms with Crippen molar-refractivity contribution in [1.29, 1.82) is 0 Å². The molecule has 90 valence electrons. The lowest BCUT2D eigenvalue weighted by Gasteiger charge is -2.28. The number of aryl methyl sites for hydroxylation is 1. The van der Waals surface area contributed by atoms with E-state index in [1.807, 2.05) is 0 Å². The maximum absolute atomic E-state index is 5.38. The number of hydrogen-bond donors (Lipinski definition) is 0. The number of hydrogen-bond acceptors (Lipinski definition) is 5. The normalized spacial score (nSPS) is 16.6. The van der Waals surface area contributed by atoms with E-state index in [1.54, 1.807) is 17.7 Å². The summed E-state index contributed by atoms with van der Waals surface area (Å²) < 4.78 is 5.38. The average Bonchev–Trinajstić information content (AvgIpc) is 2.82. The maximum atomic E-state index is 5.38. The lowest BCUT2D eigenvalue weighted by Crippen LogP contribution is -2.36. The highest BCUT2D eigenvalue weighted by Crippen LogP contribution is 2.30. The van der Waals surface area contributed by atoms with Gasteiger partial charge in [0.15, 0.2) is 0 Å². The van der Waals surface area contributed by atoms with Gasteiger partial charge in [-0.3, -0.25) is 0 Å². The summed E-state index contributed by atoms with van der Waals surface area (Å²) in [6.45, 7) is 5.59. The van der Waals surface area contributed by atoms with Crippen molar-refractivity contribution < 1.29 is 4.74 Å². The second kappa shape index (κ2) is 4.58. The molecule has 3 heterocycles. The zero-order valence-electron chi connectivity index (χ0n) is 9.85. The Labute approximate surface area is 104 Å². The number of fused-ring (bicyclic) bond motifs is 1. The highest BCUT2D eigenvalue weighted by Gasteiger charge is 2.16. The fraction of sp³-hybridized carbons (Fsp3) is 0.500. The van der Waals surface area contributed by atoms with Crippen LogP contribution >= 0.6 is 11.3 Å². The van der Waals surface area contributed by atoms with Crippen molar-refractivity contribution in [2.24, 2.45) is 0 Å². The molecule has 4 nitrogen and oxygen atoms in total. The lowest BCUT2D eigenvalue weighted by atomic mass is 10.3. The van der Waals surface area contributed by atoms with Gasteiger partial charge in [0.25, 0.3) is 0 Å². The van der Waals surface area contributed by atoms with Gasteiger partial charge < -0.3 is 9.64 Å². The first-order valence-corrected chi connectivity index (χ1v) is 6.76. The van der Waals surface area contributed by atoms with E-state index in [4.69, 9.17) is 4.74 Å². The zero-order valence-corrected chi connectivity index (χ0v) is 10.7. The summed E-state index contributed by atoms with van der Waals surface area (Å²) in [7, 11) is 0. The Hall–Kier alpha value is -1.20. The predicted molar refractivity (Wildman–Crippen MR) is 69.8 cm³/mol. The van der Waals surface area contributed by atoms with Crippen molar-refractivity contribution in [3.8, 4) is 0 Å². The van der Waals surface area contributed by atoms with Crippen LogP contribution < -0.4 is 4.90 Å². The van der Waals surface area contributed by atoms with Crippen molar-refractivity contribution in [2.45, 2.75) is 13.3 Å². The van der Waals surface area contributed by atoms with Gasteiger partial charge in [-0.2, -0.15) is 0 Å². The van der Waals surface area contributed by atoms with Gasteiger partial charge in [-0.15, -0.1) is 11.3 Å². The van der Waals surface area contributed by atoms with E-state index >= 15 is 0 Å². The maximum Gasteiger partial charge on any atom is 0.140 e. The summed E-state index contributed by atoms with van der Waals surface area (Å²) in [5.74, 6) is 1.06. The van der Waals surface area contributed by atoms with Crippen LogP contribution in [-0.4, -0.2) is 36.3 Å². The molecule has 0 saturated carbocycles. The van der Waals surface area contributed by atoms with Gasteiger partial charge in [-0.05, 0) is 12.5 Å². The standard InChI is InChI=1S/C12H15N3OS/c1-2-9-7-10-11(13-8-14-12(10)17-9)15-3-5-16-6-4-15/h7-8H,2-6H2,1H3. The topological polar surface area (TPSA) is 38.2 Å². The molecule has 0 N–H and O–H groups in total. The fourth-order valence-electron chi connectivity index (χ4n) is 2.09. The van der Waals surface area contributed by atoms with Gasteiger partial charge >= 0.3 is 0 Å². The van der Waals surface area contributed by atoms with Gasteiger partial charge in [0.05, 0.1) is 18.6 Å². The van der Waals surface area contributed by atoms with Crippen molar-refractivity contribution in [1.82, 2.24) is 9.97 Å². The summed E-state index contributed by atoms with van der Waals surface area (Å²) in [5.41, 5.74) is 0.